The summed E-state index contributed by atoms with van der Waals surface area (Å²) in [7, 11) is 3.03. The molecule has 9 nitrogen and oxygen atoms in total. The van der Waals surface area contributed by atoms with Gasteiger partial charge in [-0.1, -0.05) is 34.1 Å². The molecule has 2 saturated heterocycles. The number of imide groups is 1. The Hall–Kier alpha value is -3.89. The lowest BCUT2D eigenvalue weighted by Crippen LogP contribution is -2.48. The quantitative estimate of drug-likeness (QED) is 0.420. The Morgan fingerprint density at radius 1 is 0.974 bits per heavy atom. The molecular weight excluding hydrogens is 554 g/mol. The zero-order chi connectivity index (χ0) is 27.0. The number of carbonyl (C=O) groups excluding carboxylic acids is 3. The third-order valence-electron chi connectivity index (χ3n) is 6.70. The maximum Gasteiger partial charge on any atom is 0.268 e. The number of hydrogen-bond acceptors (Lipinski definition) is 7. The lowest BCUT2D eigenvalue weighted by molar-refractivity contribution is -0.123. The average Bonchev–Trinajstić information content (AvgIpc) is 3.44. The van der Waals surface area contributed by atoms with Crippen LogP contribution in [-0.4, -0.2) is 49.6 Å². The second kappa shape index (κ2) is 10.5. The minimum absolute atomic E-state index is 0.364. The number of carbonyl (C=O) groups is 3. The third-order valence-corrected chi connectivity index (χ3v) is 7.19. The summed E-state index contributed by atoms with van der Waals surface area (Å²) in [6.07, 6.45) is 0. The number of halogens is 1. The van der Waals surface area contributed by atoms with Crippen LogP contribution < -0.4 is 24.5 Å². The number of nitrogens with zero attached hydrogens (tertiary/aromatic N) is 2. The number of benzene rings is 3. The molecular formula is C28H26BrN3O6. The maximum absolute atomic E-state index is 13.9. The van der Waals surface area contributed by atoms with Gasteiger partial charge in [0.1, 0.15) is 11.8 Å². The van der Waals surface area contributed by atoms with Crippen molar-refractivity contribution in [1.82, 2.24) is 10.4 Å². The second-order valence-electron chi connectivity index (χ2n) is 8.78. The normalized spacial score (nSPS) is 20.5. The first kappa shape index (κ1) is 25.7. The van der Waals surface area contributed by atoms with E-state index in [9.17, 15) is 14.4 Å². The topological polar surface area (TPSA) is 97.4 Å². The van der Waals surface area contributed by atoms with Crippen molar-refractivity contribution >= 4 is 39.3 Å². The monoisotopic (exact) mass is 579 g/mol. The molecule has 0 radical (unpaired) electrons. The summed E-state index contributed by atoms with van der Waals surface area (Å²) < 4.78 is 17.3. The van der Waals surface area contributed by atoms with Gasteiger partial charge in [-0.05, 0) is 55.5 Å². The first-order chi connectivity index (χ1) is 18.4. The van der Waals surface area contributed by atoms with E-state index in [2.05, 4.69) is 21.4 Å². The summed E-state index contributed by atoms with van der Waals surface area (Å²) >= 11 is 3.40. The number of ether oxygens (including phenoxy) is 3. The SMILES string of the molecule is CCOc1ccc(N2C(=O)[C@@H]3[C@@H](c4cccc(OC)c4OC)NN(C(=O)c4cccc(Br)c4)[C@H]3C2=O)cc1. The van der Waals surface area contributed by atoms with E-state index in [-0.39, 0.29) is 0 Å². The molecule has 0 spiro atoms. The van der Waals surface area contributed by atoms with Crippen LogP contribution in [0.2, 0.25) is 0 Å². The van der Waals surface area contributed by atoms with Crippen molar-refractivity contribution in [2.75, 3.05) is 25.7 Å². The highest BCUT2D eigenvalue weighted by Gasteiger charge is 2.61. The number of para-hydroxylation sites is 1. The van der Waals surface area contributed by atoms with Crippen LogP contribution in [0.3, 0.4) is 0 Å². The van der Waals surface area contributed by atoms with Crippen LogP contribution in [-0.2, 0) is 9.59 Å². The molecule has 2 fully saturated rings. The van der Waals surface area contributed by atoms with Gasteiger partial charge in [-0.3, -0.25) is 19.4 Å². The number of anilines is 1. The second-order valence-corrected chi connectivity index (χ2v) is 9.70. The van der Waals surface area contributed by atoms with Gasteiger partial charge in [-0.2, -0.15) is 0 Å². The Balaban J connectivity index is 1.59. The predicted octanol–water partition coefficient (Wildman–Crippen LogP) is 4.12. The number of hydrazine groups is 1. The molecule has 38 heavy (non-hydrogen) atoms. The summed E-state index contributed by atoms with van der Waals surface area (Å²) in [5.41, 5.74) is 4.53. The molecule has 2 aliphatic heterocycles. The number of fused-ring (bicyclic) bond motifs is 1. The van der Waals surface area contributed by atoms with Gasteiger partial charge < -0.3 is 14.2 Å². The van der Waals surface area contributed by atoms with Crippen LogP contribution in [0.25, 0.3) is 0 Å². The zero-order valence-electron chi connectivity index (χ0n) is 21.0. The Morgan fingerprint density at radius 3 is 2.37 bits per heavy atom. The average molecular weight is 580 g/mol. The van der Waals surface area contributed by atoms with Crippen molar-refractivity contribution in [1.29, 1.82) is 0 Å². The van der Waals surface area contributed by atoms with E-state index in [0.29, 0.717) is 40.7 Å². The van der Waals surface area contributed by atoms with Gasteiger partial charge in [0, 0.05) is 15.6 Å². The molecule has 196 valence electrons. The number of nitrogens with one attached hydrogen (secondary N) is 1. The Morgan fingerprint density at radius 2 is 1.71 bits per heavy atom. The van der Waals surface area contributed by atoms with Gasteiger partial charge in [0.15, 0.2) is 11.5 Å². The fourth-order valence-electron chi connectivity index (χ4n) is 5.06. The lowest BCUT2D eigenvalue weighted by Gasteiger charge is -2.26. The Kier molecular flexibility index (Phi) is 7.09. The molecule has 2 heterocycles. The largest absolute Gasteiger partial charge is 0.494 e. The van der Waals surface area contributed by atoms with E-state index < -0.39 is 35.7 Å². The fourth-order valence-corrected chi connectivity index (χ4v) is 5.46. The number of methoxy groups -OCH3 is 2. The van der Waals surface area contributed by atoms with Crippen molar-refractivity contribution in [3.8, 4) is 17.2 Å². The van der Waals surface area contributed by atoms with E-state index in [4.69, 9.17) is 14.2 Å². The van der Waals surface area contributed by atoms with E-state index in [1.807, 2.05) is 6.92 Å². The minimum atomic E-state index is -1.07. The molecule has 10 heteroatoms. The van der Waals surface area contributed by atoms with Crippen LogP contribution in [0.5, 0.6) is 17.2 Å². The Labute approximate surface area is 228 Å². The molecule has 5 rings (SSSR count). The molecule has 0 aromatic heterocycles. The van der Waals surface area contributed by atoms with Crippen molar-refractivity contribution in [2.45, 2.75) is 19.0 Å². The number of amides is 3. The smallest absolute Gasteiger partial charge is 0.268 e. The summed E-state index contributed by atoms with van der Waals surface area (Å²) in [6, 6.07) is 17.1. The summed E-state index contributed by atoms with van der Waals surface area (Å²) in [5.74, 6) is -0.724. The molecule has 3 aromatic carbocycles. The van der Waals surface area contributed by atoms with Crippen LogP contribution in [0.1, 0.15) is 28.9 Å². The highest BCUT2D eigenvalue weighted by atomic mass is 79.9. The van der Waals surface area contributed by atoms with Crippen molar-refractivity contribution < 1.29 is 28.6 Å². The molecule has 1 N–H and O–H groups in total. The number of rotatable bonds is 7. The molecule has 0 unspecified atom stereocenters. The zero-order valence-corrected chi connectivity index (χ0v) is 22.6. The Bertz CT molecular complexity index is 1400. The third kappa shape index (κ3) is 4.29. The van der Waals surface area contributed by atoms with Crippen LogP contribution in [0.4, 0.5) is 5.69 Å². The van der Waals surface area contributed by atoms with Gasteiger partial charge in [0.25, 0.3) is 11.8 Å². The number of hydrogen-bond donors (Lipinski definition) is 1. The van der Waals surface area contributed by atoms with Crippen LogP contribution in [0.15, 0.2) is 71.2 Å². The summed E-state index contributed by atoms with van der Waals surface area (Å²) in [6.45, 7) is 2.37. The van der Waals surface area contributed by atoms with Gasteiger partial charge >= 0.3 is 0 Å². The predicted molar refractivity (Wildman–Crippen MR) is 143 cm³/mol. The molecule has 3 aromatic rings. The van der Waals surface area contributed by atoms with Crippen LogP contribution >= 0.6 is 15.9 Å². The maximum atomic E-state index is 13.9. The van der Waals surface area contributed by atoms with Gasteiger partial charge in [0.2, 0.25) is 5.91 Å². The van der Waals surface area contributed by atoms with E-state index >= 15 is 0 Å². The van der Waals surface area contributed by atoms with E-state index in [0.717, 1.165) is 9.37 Å². The van der Waals surface area contributed by atoms with Crippen molar-refractivity contribution in [3.05, 3.63) is 82.3 Å². The highest BCUT2D eigenvalue weighted by Crippen LogP contribution is 2.46. The van der Waals surface area contributed by atoms with Crippen molar-refractivity contribution in [2.24, 2.45) is 5.92 Å². The summed E-state index contributed by atoms with van der Waals surface area (Å²) in [5, 5.41) is 1.27. The minimum Gasteiger partial charge on any atom is -0.494 e. The molecule has 3 atom stereocenters. The molecule has 2 aliphatic rings. The van der Waals surface area contributed by atoms with Gasteiger partial charge in [-0.25, -0.2) is 10.3 Å². The highest BCUT2D eigenvalue weighted by molar-refractivity contribution is 9.10. The van der Waals surface area contributed by atoms with Gasteiger partial charge in [-0.15, -0.1) is 0 Å². The van der Waals surface area contributed by atoms with Gasteiger partial charge in [0.05, 0.1) is 38.5 Å². The summed E-state index contributed by atoms with van der Waals surface area (Å²) in [4.78, 5) is 42.6. The van der Waals surface area contributed by atoms with Crippen LogP contribution in [0, 0.1) is 5.92 Å². The first-order valence-electron chi connectivity index (χ1n) is 12.1. The van der Waals surface area contributed by atoms with Crippen molar-refractivity contribution in [3.63, 3.8) is 0 Å². The van der Waals surface area contributed by atoms with E-state index in [1.165, 1.54) is 19.2 Å². The molecule has 3 amide bonds. The lowest BCUT2D eigenvalue weighted by atomic mass is 9.90. The molecule has 0 aliphatic carbocycles. The molecule has 0 bridgehead atoms. The fraction of sp³-hybridized carbons (Fsp3) is 0.250. The standard InChI is InChI=1S/C28H26BrN3O6/c1-4-38-19-13-11-18(12-14-19)31-27(34)22-23(20-9-6-10-21(36-2)25(20)37-3)30-32(24(22)28(31)35)26(33)16-7-5-8-17(29)15-16/h5-15,22-24,30H,4H2,1-3H3/t22-,23-,24-/m1/s1. The van der Waals surface area contributed by atoms with E-state index in [1.54, 1.807) is 66.7 Å². The molecule has 0 saturated carbocycles. The first-order valence-corrected chi connectivity index (χ1v) is 12.9.